The Hall–Kier alpha value is -1.07. The van der Waals surface area contributed by atoms with Crippen molar-refractivity contribution in [1.29, 1.82) is 0 Å². The van der Waals surface area contributed by atoms with Crippen molar-refractivity contribution < 1.29 is 18.3 Å². The lowest BCUT2D eigenvalue weighted by Crippen LogP contribution is -2.55. The van der Waals surface area contributed by atoms with Gasteiger partial charge >= 0.3 is 0 Å². The van der Waals surface area contributed by atoms with Gasteiger partial charge in [0.25, 0.3) is 5.92 Å². The van der Waals surface area contributed by atoms with Crippen LogP contribution in [0.1, 0.15) is 24.8 Å². The summed E-state index contributed by atoms with van der Waals surface area (Å²) < 4.78 is 37.1. The Morgan fingerprint density at radius 2 is 1.84 bits per heavy atom. The summed E-state index contributed by atoms with van der Waals surface area (Å²) in [6.45, 7) is 1.04. The van der Waals surface area contributed by atoms with Crippen molar-refractivity contribution in [3.05, 3.63) is 22.7 Å². The van der Waals surface area contributed by atoms with Gasteiger partial charge in [0.05, 0.1) is 23.8 Å². The number of hydrogen-bond donors (Lipinski definition) is 1. The number of hydrogen-bond acceptors (Lipinski definition) is 3. The van der Waals surface area contributed by atoms with Crippen molar-refractivity contribution in [3.63, 3.8) is 0 Å². The van der Waals surface area contributed by atoms with Gasteiger partial charge in [-0.3, -0.25) is 0 Å². The zero-order valence-electron chi connectivity index (χ0n) is 10.2. The van der Waals surface area contributed by atoms with E-state index < -0.39 is 11.5 Å². The highest BCUT2D eigenvalue weighted by Crippen LogP contribution is 2.52. The topological polar surface area (TPSA) is 44.5 Å². The molecule has 1 aromatic carbocycles. The molecule has 3 nitrogen and oxygen atoms in total. The molecule has 104 valence electrons. The highest BCUT2D eigenvalue weighted by molar-refractivity contribution is 6.32. The van der Waals surface area contributed by atoms with Crippen LogP contribution in [0, 0.1) is 0 Å². The van der Waals surface area contributed by atoms with Crippen LogP contribution in [-0.4, -0.2) is 19.1 Å². The highest BCUT2D eigenvalue weighted by atomic mass is 35.5. The van der Waals surface area contributed by atoms with Crippen LogP contribution in [0.2, 0.25) is 5.02 Å². The quantitative estimate of drug-likeness (QED) is 0.864. The minimum Gasteiger partial charge on any atom is -0.489 e. The predicted octanol–water partition coefficient (Wildman–Crippen LogP) is 3.08. The third kappa shape index (κ3) is 2.25. The molecular formula is C13H14ClF2NO2. The van der Waals surface area contributed by atoms with Gasteiger partial charge in [-0.05, 0) is 17.7 Å². The van der Waals surface area contributed by atoms with Gasteiger partial charge < -0.3 is 15.2 Å². The maximum atomic E-state index is 13.1. The first kappa shape index (κ1) is 12.9. The van der Waals surface area contributed by atoms with Gasteiger partial charge in [0.2, 0.25) is 0 Å². The van der Waals surface area contributed by atoms with E-state index in [-0.39, 0.29) is 12.8 Å². The second-order valence-corrected chi connectivity index (χ2v) is 5.61. The standard InChI is InChI=1S/C13H14ClF2NO2/c14-9-4-8(12(17)6-13(15,16)7-12)5-10-11(9)19-3-1-2-18-10/h4-5H,1-3,6-7,17H2. The average Bonchev–Trinajstić information content (AvgIpc) is 2.51. The SMILES string of the molecule is NC1(c2cc(Cl)c3c(c2)OCCCO3)CC(F)(F)C1. The molecule has 1 heterocycles. The van der Waals surface area contributed by atoms with E-state index in [4.69, 9.17) is 26.8 Å². The molecule has 1 fully saturated rings. The molecule has 2 aliphatic rings. The summed E-state index contributed by atoms with van der Waals surface area (Å²) in [5.74, 6) is -1.73. The fourth-order valence-electron chi connectivity index (χ4n) is 2.59. The van der Waals surface area contributed by atoms with E-state index in [1.807, 2.05) is 0 Å². The molecule has 2 N–H and O–H groups in total. The Bertz CT molecular complexity index is 514. The molecule has 1 aromatic rings. The average molecular weight is 290 g/mol. The first-order chi connectivity index (χ1) is 8.90. The van der Waals surface area contributed by atoms with Crippen molar-refractivity contribution in [2.75, 3.05) is 13.2 Å². The minimum absolute atomic E-state index is 0.356. The molecule has 0 amide bonds. The molecule has 19 heavy (non-hydrogen) atoms. The smallest absolute Gasteiger partial charge is 0.252 e. The summed E-state index contributed by atoms with van der Waals surface area (Å²) in [4.78, 5) is 0. The highest BCUT2D eigenvalue weighted by Gasteiger charge is 2.55. The first-order valence-corrected chi connectivity index (χ1v) is 6.54. The maximum Gasteiger partial charge on any atom is 0.252 e. The van der Waals surface area contributed by atoms with Crippen LogP contribution in [0.3, 0.4) is 0 Å². The lowest BCUT2D eigenvalue weighted by atomic mass is 9.70. The van der Waals surface area contributed by atoms with E-state index in [2.05, 4.69) is 0 Å². The molecule has 0 unspecified atom stereocenters. The van der Waals surface area contributed by atoms with E-state index in [0.29, 0.717) is 35.3 Å². The van der Waals surface area contributed by atoms with Crippen molar-refractivity contribution >= 4 is 11.6 Å². The first-order valence-electron chi connectivity index (χ1n) is 6.16. The summed E-state index contributed by atoms with van der Waals surface area (Å²) in [6.07, 6.45) is 0.0259. The third-order valence-corrected chi connectivity index (χ3v) is 3.81. The Morgan fingerprint density at radius 1 is 1.16 bits per heavy atom. The largest absolute Gasteiger partial charge is 0.489 e. The predicted molar refractivity (Wildman–Crippen MR) is 67.1 cm³/mol. The monoisotopic (exact) mass is 289 g/mol. The van der Waals surface area contributed by atoms with E-state index in [9.17, 15) is 8.78 Å². The second kappa shape index (κ2) is 4.21. The van der Waals surface area contributed by atoms with E-state index in [1.54, 1.807) is 12.1 Å². The normalized spacial score (nSPS) is 23.4. The molecule has 1 aliphatic heterocycles. The molecule has 0 atom stereocenters. The summed E-state index contributed by atoms with van der Waals surface area (Å²) >= 11 is 6.13. The maximum absolute atomic E-state index is 13.1. The van der Waals surface area contributed by atoms with Crippen LogP contribution < -0.4 is 15.2 Å². The number of halogens is 3. The summed E-state index contributed by atoms with van der Waals surface area (Å²) in [6, 6.07) is 3.27. The zero-order chi connectivity index (χ0) is 13.7. The fraction of sp³-hybridized carbons (Fsp3) is 0.538. The number of nitrogens with two attached hydrogens (primary N) is 1. The van der Waals surface area contributed by atoms with E-state index >= 15 is 0 Å². The Balaban J connectivity index is 1.96. The second-order valence-electron chi connectivity index (χ2n) is 5.20. The van der Waals surface area contributed by atoms with Crippen LogP contribution in [0.5, 0.6) is 11.5 Å². The molecule has 0 bridgehead atoms. The third-order valence-electron chi connectivity index (χ3n) is 3.53. The van der Waals surface area contributed by atoms with Gasteiger partial charge in [-0.15, -0.1) is 0 Å². The van der Waals surface area contributed by atoms with Crippen LogP contribution in [0.25, 0.3) is 0 Å². The van der Waals surface area contributed by atoms with Crippen LogP contribution in [-0.2, 0) is 5.54 Å². The van der Waals surface area contributed by atoms with Gasteiger partial charge in [0, 0.05) is 19.3 Å². The summed E-state index contributed by atoms with van der Waals surface area (Å²) in [7, 11) is 0. The van der Waals surface area contributed by atoms with Crippen molar-refractivity contribution in [3.8, 4) is 11.5 Å². The van der Waals surface area contributed by atoms with Gasteiger partial charge in [-0.1, -0.05) is 11.6 Å². The summed E-state index contributed by atoms with van der Waals surface area (Å²) in [5, 5.41) is 0.356. The Kier molecular flexibility index (Phi) is 2.87. The van der Waals surface area contributed by atoms with Crippen LogP contribution in [0.4, 0.5) is 8.78 Å². The molecular weight excluding hydrogens is 276 g/mol. The molecule has 0 spiro atoms. The minimum atomic E-state index is -2.69. The van der Waals surface area contributed by atoms with Gasteiger partial charge in [0.15, 0.2) is 11.5 Å². The molecule has 6 heteroatoms. The Labute approximate surface area is 114 Å². The number of fused-ring (bicyclic) bond motifs is 1. The molecule has 3 rings (SSSR count). The summed E-state index contributed by atoms with van der Waals surface area (Å²) in [5.41, 5.74) is 5.55. The molecule has 1 aliphatic carbocycles. The zero-order valence-corrected chi connectivity index (χ0v) is 11.0. The van der Waals surface area contributed by atoms with Gasteiger partial charge in [0.1, 0.15) is 0 Å². The lowest BCUT2D eigenvalue weighted by molar-refractivity contribution is -0.125. The molecule has 0 aromatic heterocycles. The van der Waals surface area contributed by atoms with Crippen LogP contribution >= 0.6 is 11.6 Å². The van der Waals surface area contributed by atoms with E-state index in [0.717, 1.165) is 6.42 Å². The van der Waals surface area contributed by atoms with Crippen molar-refractivity contribution in [1.82, 2.24) is 0 Å². The van der Waals surface area contributed by atoms with E-state index in [1.165, 1.54) is 0 Å². The molecule has 0 saturated heterocycles. The van der Waals surface area contributed by atoms with Crippen molar-refractivity contribution in [2.24, 2.45) is 5.73 Å². The molecule has 1 saturated carbocycles. The van der Waals surface area contributed by atoms with Crippen molar-refractivity contribution in [2.45, 2.75) is 30.7 Å². The Morgan fingerprint density at radius 3 is 2.53 bits per heavy atom. The number of benzene rings is 1. The number of ether oxygens (including phenoxy) is 2. The number of alkyl halides is 2. The molecule has 0 radical (unpaired) electrons. The number of rotatable bonds is 1. The fourth-order valence-corrected chi connectivity index (χ4v) is 2.86. The van der Waals surface area contributed by atoms with Crippen LogP contribution in [0.15, 0.2) is 12.1 Å². The van der Waals surface area contributed by atoms with Gasteiger partial charge in [-0.2, -0.15) is 0 Å². The lowest BCUT2D eigenvalue weighted by Gasteiger charge is -2.45. The van der Waals surface area contributed by atoms with Gasteiger partial charge in [-0.25, -0.2) is 8.78 Å².